The maximum atomic E-state index is 12.7. The molecule has 2 heterocycles. The van der Waals surface area contributed by atoms with Crippen LogP contribution in [0.5, 0.6) is 0 Å². The Bertz CT molecular complexity index is 740. The van der Waals surface area contributed by atoms with Crippen molar-refractivity contribution in [2.75, 3.05) is 18.0 Å². The van der Waals surface area contributed by atoms with E-state index in [4.69, 9.17) is 0 Å². The van der Waals surface area contributed by atoms with Crippen molar-refractivity contribution in [3.8, 4) is 0 Å². The van der Waals surface area contributed by atoms with Crippen LogP contribution in [-0.2, 0) is 0 Å². The zero-order chi connectivity index (χ0) is 19.2. The number of benzene rings is 1. The lowest BCUT2D eigenvalue weighted by Crippen LogP contribution is -2.49. The molecule has 0 spiro atoms. The average molecular weight is 380 g/mol. The summed E-state index contributed by atoms with van der Waals surface area (Å²) < 4.78 is 0. The quantitative estimate of drug-likeness (QED) is 0.831. The van der Waals surface area contributed by atoms with Crippen LogP contribution in [0, 0.1) is 5.92 Å². The molecule has 1 unspecified atom stereocenters. The second kappa shape index (κ2) is 9.04. The van der Waals surface area contributed by atoms with Gasteiger partial charge < -0.3 is 15.5 Å². The first kappa shape index (κ1) is 18.7. The van der Waals surface area contributed by atoms with Gasteiger partial charge in [0.15, 0.2) is 0 Å². The molecule has 6 nitrogen and oxygen atoms in total. The highest BCUT2D eigenvalue weighted by molar-refractivity contribution is 5.75. The first-order valence-electron chi connectivity index (χ1n) is 10.4. The Morgan fingerprint density at radius 2 is 1.64 bits per heavy atom. The smallest absolute Gasteiger partial charge is 0.315 e. The van der Waals surface area contributed by atoms with Crippen molar-refractivity contribution in [2.45, 2.75) is 50.6 Å². The number of aromatic nitrogens is 2. The van der Waals surface area contributed by atoms with Crippen LogP contribution in [0.15, 0.2) is 48.8 Å². The minimum Gasteiger partial charge on any atom is -0.341 e. The Morgan fingerprint density at radius 1 is 0.964 bits per heavy atom. The topological polar surface area (TPSA) is 70.2 Å². The summed E-state index contributed by atoms with van der Waals surface area (Å²) in [4.78, 5) is 23.6. The van der Waals surface area contributed by atoms with Gasteiger partial charge in [-0.2, -0.15) is 0 Å². The first-order valence-corrected chi connectivity index (χ1v) is 10.4. The van der Waals surface area contributed by atoms with Crippen molar-refractivity contribution in [3.63, 3.8) is 0 Å². The van der Waals surface area contributed by atoms with Crippen LogP contribution in [0.1, 0.15) is 50.1 Å². The second-order valence-corrected chi connectivity index (χ2v) is 7.86. The van der Waals surface area contributed by atoms with E-state index in [0.29, 0.717) is 5.92 Å². The molecule has 1 saturated heterocycles. The molecular formula is C22H29N5O. The van der Waals surface area contributed by atoms with E-state index in [2.05, 4.69) is 49.8 Å². The van der Waals surface area contributed by atoms with Crippen molar-refractivity contribution < 1.29 is 4.79 Å². The first-order chi connectivity index (χ1) is 13.8. The van der Waals surface area contributed by atoms with Crippen molar-refractivity contribution >= 4 is 12.0 Å². The van der Waals surface area contributed by atoms with Gasteiger partial charge in [0.2, 0.25) is 5.95 Å². The lowest BCUT2D eigenvalue weighted by Gasteiger charge is -2.33. The molecule has 2 N–H and O–H groups in total. The van der Waals surface area contributed by atoms with Crippen LogP contribution in [0.3, 0.4) is 0 Å². The van der Waals surface area contributed by atoms with E-state index in [-0.39, 0.29) is 18.1 Å². The summed E-state index contributed by atoms with van der Waals surface area (Å²) in [5.74, 6) is 1.31. The molecule has 1 aliphatic heterocycles. The molecule has 0 radical (unpaired) electrons. The molecule has 2 aromatic rings. The highest BCUT2D eigenvalue weighted by Gasteiger charge is 2.29. The highest BCUT2D eigenvalue weighted by atomic mass is 16.2. The molecule has 2 amide bonds. The molecule has 4 rings (SSSR count). The third kappa shape index (κ3) is 4.61. The van der Waals surface area contributed by atoms with Crippen molar-refractivity contribution in [2.24, 2.45) is 5.92 Å². The second-order valence-electron chi connectivity index (χ2n) is 7.86. The number of nitrogens with one attached hydrogen (secondary N) is 2. The summed E-state index contributed by atoms with van der Waals surface area (Å²) in [6.45, 7) is 1.72. The number of hydrogen-bond donors (Lipinski definition) is 2. The third-order valence-corrected chi connectivity index (χ3v) is 5.98. The largest absolute Gasteiger partial charge is 0.341 e. The van der Waals surface area contributed by atoms with Gasteiger partial charge in [-0.1, -0.05) is 43.2 Å². The zero-order valence-corrected chi connectivity index (χ0v) is 16.3. The van der Waals surface area contributed by atoms with E-state index in [0.717, 1.165) is 31.9 Å². The Morgan fingerprint density at radius 3 is 2.32 bits per heavy atom. The summed E-state index contributed by atoms with van der Waals surface area (Å²) in [6.07, 6.45) is 10.3. The van der Waals surface area contributed by atoms with Gasteiger partial charge in [0, 0.05) is 31.5 Å². The zero-order valence-electron chi connectivity index (χ0n) is 16.3. The molecule has 1 aliphatic carbocycles. The number of carbonyl (C=O) groups excluding carboxylic acids is 1. The van der Waals surface area contributed by atoms with E-state index in [1.165, 1.54) is 31.2 Å². The highest BCUT2D eigenvalue weighted by Crippen LogP contribution is 2.35. The number of anilines is 1. The molecule has 0 bridgehead atoms. The molecule has 1 saturated carbocycles. The van der Waals surface area contributed by atoms with Crippen LogP contribution in [0.25, 0.3) is 0 Å². The van der Waals surface area contributed by atoms with Crippen LogP contribution in [0.4, 0.5) is 10.7 Å². The normalized spacial score (nSPS) is 19.4. The van der Waals surface area contributed by atoms with E-state index in [9.17, 15) is 4.79 Å². The number of rotatable bonds is 5. The van der Waals surface area contributed by atoms with E-state index in [1.807, 2.05) is 12.1 Å². The van der Waals surface area contributed by atoms with Crippen molar-refractivity contribution in [3.05, 3.63) is 54.4 Å². The molecule has 6 heteroatoms. The van der Waals surface area contributed by atoms with Crippen LogP contribution in [0.2, 0.25) is 0 Å². The lowest BCUT2D eigenvalue weighted by atomic mass is 9.92. The molecule has 1 atom stereocenters. The molecule has 2 aliphatic rings. The monoisotopic (exact) mass is 379 g/mol. The van der Waals surface area contributed by atoms with Crippen LogP contribution < -0.4 is 15.5 Å². The van der Waals surface area contributed by atoms with Crippen molar-refractivity contribution in [1.29, 1.82) is 0 Å². The average Bonchev–Trinajstić information content (AvgIpc) is 3.28. The molecule has 28 heavy (non-hydrogen) atoms. The van der Waals surface area contributed by atoms with Gasteiger partial charge in [-0.25, -0.2) is 14.8 Å². The van der Waals surface area contributed by atoms with E-state index < -0.39 is 0 Å². The van der Waals surface area contributed by atoms with Crippen LogP contribution in [-0.4, -0.2) is 35.1 Å². The summed E-state index contributed by atoms with van der Waals surface area (Å²) in [5, 5.41) is 6.47. The molecule has 148 valence electrons. The number of amides is 2. The lowest BCUT2D eigenvalue weighted by molar-refractivity contribution is 0.224. The summed E-state index contributed by atoms with van der Waals surface area (Å²) in [6, 6.07) is 12.5. The number of nitrogens with zero attached hydrogens (tertiary/aromatic N) is 3. The summed E-state index contributed by atoms with van der Waals surface area (Å²) >= 11 is 0. The number of hydrogen-bond acceptors (Lipinski definition) is 4. The Labute approximate surface area is 166 Å². The Balaban J connectivity index is 1.32. The van der Waals surface area contributed by atoms with Gasteiger partial charge in [0.1, 0.15) is 0 Å². The molecular weight excluding hydrogens is 350 g/mol. The van der Waals surface area contributed by atoms with Gasteiger partial charge in [0.25, 0.3) is 0 Å². The predicted octanol–water partition coefficient (Wildman–Crippen LogP) is 3.68. The SMILES string of the molecule is O=C(NC1CCN(c2ncccn2)CC1)NC(c1ccccc1)C1CCCC1. The Kier molecular flexibility index (Phi) is 6.04. The number of piperidine rings is 1. The van der Waals surface area contributed by atoms with Crippen LogP contribution >= 0.6 is 0 Å². The molecule has 1 aromatic carbocycles. The fourth-order valence-electron chi connectivity index (χ4n) is 4.47. The van der Waals surface area contributed by atoms with Gasteiger partial charge in [-0.05, 0) is 43.2 Å². The van der Waals surface area contributed by atoms with E-state index in [1.54, 1.807) is 12.4 Å². The Hall–Kier alpha value is -2.63. The molecule has 1 aromatic heterocycles. The summed E-state index contributed by atoms with van der Waals surface area (Å²) in [5.41, 5.74) is 1.21. The fourth-order valence-corrected chi connectivity index (χ4v) is 4.47. The fraction of sp³-hybridized carbons (Fsp3) is 0.500. The van der Waals surface area contributed by atoms with Gasteiger partial charge in [0.05, 0.1) is 6.04 Å². The minimum atomic E-state index is -0.0461. The maximum absolute atomic E-state index is 12.7. The minimum absolute atomic E-state index is 0.0461. The van der Waals surface area contributed by atoms with E-state index >= 15 is 0 Å². The maximum Gasteiger partial charge on any atom is 0.315 e. The van der Waals surface area contributed by atoms with Gasteiger partial charge in [-0.15, -0.1) is 0 Å². The number of carbonyl (C=O) groups is 1. The third-order valence-electron chi connectivity index (χ3n) is 5.98. The predicted molar refractivity (Wildman–Crippen MR) is 110 cm³/mol. The number of urea groups is 1. The van der Waals surface area contributed by atoms with Crippen molar-refractivity contribution in [1.82, 2.24) is 20.6 Å². The molecule has 2 fully saturated rings. The summed E-state index contributed by atoms with van der Waals surface area (Å²) in [7, 11) is 0. The standard InChI is InChI=1S/C22H29N5O/c28-22(25-19-11-15-27(16-12-19)21-23-13-6-14-24-21)26-20(18-9-4-5-10-18)17-7-2-1-3-8-17/h1-3,6-8,13-14,18-20H,4-5,9-12,15-16H2,(H2,25,26,28). The van der Waals surface area contributed by atoms with Gasteiger partial charge >= 0.3 is 6.03 Å². The van der Waals surface area contributed by atoms with Gasteiger partial charge in [-0.3, -0.25) is 0 Å².